The van der Waals surface area contributed by atoms with Crippen molar-refractivity contribution in [2.75, 3.05) is 18.0 Å². The fourth-order valence-corrected chi connectivity index (χ4v) is 1.77. The molecule has 0 fully saturated rings. The summed E-state index contributed by atoms with van der Waals surface area (Å²) in [7, 11) is 0. The Morgan fingerprint density at radius 2 is 2.11 bits per heavy atom. The third-order valence-corrected chi connectivity index (χ3v) is 2.85. The molecule has 0 radical (unpaired) electrons. The number of aryl methyl sites for hydroxylation is 1. The van der Waals surface area contributed by atoms with Crippen LogP contribution in [0.3, 0.4) is 0 Å². The number of hydrogen-bond acceptors (Lipinski definition) is 3. The molecule has 0 aliphatic rings. The molecule has 1 heterocycles. The maximum atomic E-state index is 10.7. The Kier molecular flexibility index (Phi) is 6.19. The summed E-state index contributed by atoms with van der Waals surface area (Å²) in [5.74, 6) is 0.112. The standard InChI is InChI=1S/C14H22N2O2/c1-3-4-5-9-16(10-8-14(17)18)13-7-6-12(2)11-15-13/h6-7,11H,3-5,8-10H2,1-2H3,(H,17,18). The van der Waals surface area contributed by atoms with Crippen molar-refractivity contribution in [3.05, 3.63) is 23.9 Å². The first-order chi connectivity index (χ1) is 8.63. The number of pyridine rings is 1. The fourth-order valence-electron chi connectivity index (χ4n) is 1.77. The van der Waals surface area contributed by atoms with E-state index in [2.05, 4.69) is 16.8 Å². The van der Waals surface area contributed by atoms with Crippen LogP contribution < -0.4 is 4.90 Å². The van der Waals surface area contributed by atoms with Crippen LogP contribution >= 0.6 is 0 Å². The second-order valence-corrected chi connectivity index (χ2v) is 4.53. The van der Waals surface area contributed by atoms with Gasteiger partial charge in [0.05, 0.1) is 6.42 Å². The van der Waals surface area contributed by atoms with E-state index in [0.717, 1.165) is 37.2 Å². The number of nitrogens with zero attached hydrogens (tertiary/aromatic N) is 2. The van der Waals surface area contributed by atoms with Gasteiger partial charge in [-0.1, -0.05) is 25.8 Å². The van der Waals surface area contributed by atoms with Crippen molar-refractivity contribution in [3.63, 3.8) is 0 Å². The second kappa shape index (κ2) is 7.69. The van der Waals surface area contributed by atoms with E-state index in [1.165, 1.54) is 0 Å². The van der Waals surface area contributed by atoms with E-state index in [4.69, 9.17) is 5.11 Å². The van der Waals surface area contributed by atoms with Crippen LogP contribution in [0.15, 0.2) is 18.3 Å². The number of carbonyl (C=O) groups is 1. The highest BCUT2D eigenvalue weighted by Crippen LogP contribution is 2.13. The minimum absolute atomic E-state index is 0.154. The summed E-state index contributed by atoms with van der Waals surface area (Å²) in [4.78, 5) is 17.1. The first kappa shape index (κ1) is 14.5. The van der Waals surface area contributed by atoms with E-state index in [-0.39, 0.29) is 6.42 Å². The van der Waals surface area contributed by atoms with Crippen molar-refractivity contribution in [3.8, 4) is 0 Å². The summed E-state index contributed by atoms with van der Waals surface area (Å²) in [6, 6.07) is 3.97. The lowest BCUT2D eigenvalue weighted by molar-refractivity contribution is -0.136. The zero-order valence-corrected chi connectivity index (χ0v) is 11.2. The summed E-state index contributed by atoms with van der Waals surface area (Å²) < 4.78 is 0. The van der Waals surface area contributed by atoms with Crippen LogP contribution in [0.1, 0.15) is 38.2 Å². The first-order valence-corrected chi connectivity index (χ1v) is 6.53. The van der Waals surface area contributed by atoms with Crippen molar-refractivity contribution >= 4 is 11.8 Å². The Bertz CT molecular complexity index is 363. The van der Waals surface area contributed by atoms with E-state index in [1.807, 2.05) is 25.3 Å². The van der Waals surface area contributed by atoms with E-state index in [9.17, 15) is 4.79 Å². The zero-order chi connectivity index (χ0) is 13.4. The minimum atomic E-state index is -0.761. The van der Waals surface area contributed by atoms with Crippen molar-refractivity contribution in [2.45, 2.75) is 39.5 Å². The smallest absolute Gasteiger partial charge is 0.305 e. The fraction of sp³-hybridized carbons (Fsp3) is 0.571. The Labute approximate surface area is 109 Å². The van der Waals surface area contributed by atoms with Crippen LogP contribution in [-0.4, -0.2) is 29.1 Å². The molecule has 4 nitrogen and oxygen atoms in total. The number of aliphatic carboxylic acids is 1. The molecule has 1 rings (SSSR count). The minimum Gasteiger partial charge on any atom is -0.481 e. The van der Waals surface area contributed by atoms with Gasteiger partial charge in [-0.15, -0.1) is 0 Å². The first-order valence-electron chi connectivity index (χ1n) is 6.53. The quantitative estimate of drug-likeness (QED) is 0.721. The monoisotopic (exact) mass is 250 g/mol. The number of hydrogen-bond donors (Lipinski definition) is 1. The van der Waals surface area contributed by atoms with Gasteiger partial charge in [-0.2, -0.15) is 0 Å². The van der Waals surface area contributed by atoms with E-state index < -0.39 is 5.97 Å². The molecule has 100 valence electrons. The SMILES string of the molecule is CCCCCN(CCC(=O)O)c1ccc(C)cn1. The van der Waals surface area contributed by atoms with E-state index >= 15 is 0 Å². The predicted molar refractivity (Wildman–Crippen MR) is 73.0 cm³/mol. The molecule has 0 amide bonds. The van der Waals surface area contributed by atoms with Crippen molar-refractivity contribution < 1.29 is 9.90 Å². The summed E-state index contributed by atoms with van der Waals surface area (Å²) in [6.45, 7) is 5.55. The third-order valence-electron chi connectivity index (χ3n) is 2.85. The predicted octanol–water partition coefficient (Wildman–Crippen LogP) is 2.86. The third kappa shape index (κ3) is 5.17. The Balaban J connectivity index is 2.62. The largest absolute Gasteiger partial charge is 0.481 e. The van der Waals surface area contributed by atoms with Gasteiger partial charge in [-0.05, 0) is 25.0 Å². The molecule has 1 aromatic heterocycles. The molecule has 0 atom stereocenters. The highest BCUT2D eigenvalue weighted by atomic mass is 16.4. The molecular formula is C14H22N2O2. The number of carboxylic acids is 1. The van der Waals surface area contributed by atoms with Gasteiger partial charge in [0.15, 0.2) is 0 Å². The van der Waals surface area contributed by atoms with E-state index in [1.54, 1.807) is 0 Å². The van der Waals surface area contributed by atoms with Crippen LogP contribution in [0.4, 0.5) is 5.82 Å². The van der Waals surface area contributed by atoms with Crippen molar-refractivity contribution in [1.29, 1.82) is 0 Å². The van der Waals surface area contributed by atoms with Gasteiger partial charge in [0, 0.05) is 19.3 Å². The normalized spacial score (nSPS) is 10.3. The number of unbranched alkanes of at least 4 members (excludes halogenated alkanes) is 2. The summed E-state index contributed by atoms with van der Waals surface area (Å²) in [6.07, 6.45) is 5.37. The highest BCUT2D eigenvalue weighted by Gasteiger charge is 2.09. The molecular weight excluding hydrogens is 228 g/mol. The number of rotatable bonds is 8. The van der Waals surface area contributed by atoms with Crippen molar-refractivity contribution in [1.82, 2.24) is 4.98 Å². The molecule has 0 aliphatic carbocycles. The zero-order valence-electron chi connectivity index (χ0n) is 11.2. The van der Waals surface area contributed by atoms with Gasteiger partial charge < -0.3 is 10.0 Å². The van der Waals surface area contributed by atoms with Crippen LogP contribution in [-0.2, 0) is 4.79 Å². The maximum absolute atomic E-state index is 10.7. The van der Waals surface area contributed by atoms with Gasteiger partial charge in [0.2, 0.25) is 0 Å². The lowest BCUT2D eigenvalue weighted by Crippen LogP contribution is -2.28. The molecule has 0 saturated carbocycles. The molecule has 1 N–H and O–H groups in total. The molecule has 0 unspecified atom stereocenters. The number of carboxylic acid groups (broad SMARTS) is 1. The maximum Gasteiger partial charge on any atom is 0.305 e. The summed E-state index contributed by atoms with van der Waals surface area (Å²) in [5.41, 5.74) is 1.12. The lowest BCUT2D eigenvalue weighted by Gasteiger charge is -2.23. The molecule has 0 saturated heterocycles. The van der Waals surface area contributed by atoms with Crippen LogP contribution in [0.2, 0.25) is 0 Å². The van der Waals surface area contributed by atoms with Crippen LogP contribution in [0, 0.1) is 6.92 Å². The van der Waals surface area contributed by atoms with Gasteiger partial charge in [-0.3, -0.25) is 4.79 Å². The molecule has 1 aromatic rings. The van der Waals surface area contributed by atoms with Crippen LogP contribution in [0.25, 0.3) is 0 Å². The van der Waals surface area contributed by atoms with Gasteiger partial charge in [0.1, 0.15) is 5.82 Å². The molecule has 18 heavy (non-hydrogen) atoms. The molecule has 0 bridgehead atoms. The molecule has 0 spiro atoms. The Morgan fingerprint density at radius 3 is 2.67 bits per heavy atom. The average Bonchev–Trinajstić information content (AvgIpc) is 2.34. The van der Waals surface area contributed by atoms with Gasteiger partial charge in [0.25, 0.3) is 0 Å². The average molecular weight is 250 g/mol. The number of aromatic nitrogens is 1. The van der Waals surface area contributed by atoms with Gasteiger partial charge >= 0.3 is 5.97 Å². The molecule has 0 aliphatic heterocycles. The summed E-state index contributed by atoms with van der Waals surface area (Å²) >= 11 is 0. The highest BCUT2D eigenvalue weighted by molar-refractivity contribution is 5.67. The topological polar surface area (TPSA) is 53.4 Å². The Hall–Kier alpha value is -1.58. The van der Waals surface area contributed by atoms with Crippen LogP contribution in [0.5, 0.6) is 0 Å². The van der Waals surface area contributed by atoms with Gasteiger partial charge in [-0.25, -0.2) is 4.98 Å². The molecule has 4 heteroatoms. The molecule has 0 aromatic carbocycles. The lowest BCUT2D eigenvalue weighted by atomic mass is 10.2. The van der Waals surface area contributed by atoms with Crippen molar-refractivity contribution in [2.24, 2.45) is 0 Å². The second-order valence-electron chi connectivity index (χ2n) is 4.53. The summed E-state index contributed by atoms with van der Waals surface area (Å²) in [5, 5.41) is 8.78. The number of anilines is 1. The van der Waals surface area contributed by atoms with E-state index in [0.29, 0.717) is 6.54 Å². The Morgan fingerprint density at radius 1 is 1.33 bits per heavy atom.